The minimum absolute atomic E-state index is 0.133. The van der Waals surface area contributed by atoms with Crippen LogP contribution in [-0.4, -0.2) is 41.9 Å². The van der Waals surface area contributed by atoms with E-state index in [9.17, 15) is 9.59 Å². The normalized spacial score (nSPS) is 11.4. The van der Waals surface area contributed by atoms with Crippen molar-refractivity contribution in [3.63, 3.8) is 0 Å². The van der Waals surface area contributed by atoms with Gasteiger partial charge in [-0.1, -0.05) is 91.0 Å². The van der Waals surface area contributed by atoms with Gasteiger partial charge in [-0.15, -0.1) is 0 Å². The molecule has 0 aliphatic heterocycles. The van der Waals surface area contributed by atoms with Crippen LogP contribution in [0.5, 0.6) is 0 Å². The Balaban J connectivity index is 1.72. The van der Waals surface area contributed by atoms with Crippen LogP contribution in [0, 0.1) is 0 Å². The molecule has 3 rings (SSSR count). The third-order valence-corrected chi connectivity index (χ3v) is 5.16. The summed E-state index contributed by atoms with van der Waals surface area (Å²) in [7, 11) is 3.38. The van der Waals surface area contributed by atoms with Crippen molar-refractivity contribution in [1.82, 2.24) is 9.80 Å². The quantitative estimate of drug-likeness (QED) is 0.542. The second-order valence-electron chi connectivity index (χ2n) is 7.54. The monoisotopic (exact) mass is 416 g/mol. The molecule has 1 unspecified atom stereocenters. The number of nitrogens with zero attached hydrogens (tertiary/aromatic N) is 2. The van der Waals surface area contributed by atoms with Crippen molar-refractivity contribution < 1.29 is 14.3 Å². The number of ether oxygens (including phenoxy) is 1. The fraction of sp³-hybridized carbons (Fsp3) is 0.231. The predicted molar refractivity (Wildman–Crippen MR) is 121 cm³/mol. The first kappa shape index (κ1) is 22.1. The molecule has 0 aliphatic rings. The van der Waals surface area contributed by atoms with E-state index in [-0.39, 0.29) is 12.5 Å². The lowest BCUT2D eigenvalue weighted by Crippen LogP contribution is -2.49. The molecular weight excluding hydrogens is 388 g/mol. The van der Waals surface area contributed by atoms with Crippen LogP contribution in [0.4, 0.5) is 4.79 Å². The zero-order valence-electron chi connectivity index (χ0n) is 18.0. The van der Waals surface area contributed by atoms with E-state index in [0.717, 1.165) is 16.7 Å². The fourth-order valence-electron chi connectivity index (χ4n) is 3.37. The summed E-state index contributed by atoms with van der Waals surface area (Å²) in [5, 5.41) is 0. The van der Waals surface area contributed by atoms with Gasteiger partial charge in [-0.3, -0.25) is 9.69 Å². The van der Waals surface area contributed by atoms with Gasteiger partial charge < -0.3 is 9.64 Å². The Hall–Kier alpha value is -3.60. The molecule has 0 aliphatic carbocycles. The second-order valence-corrected chi connectivity index (χ2v) is 7.54. The van der Waals surface area contributed by atoms with Gasteiger partial charge in [0.05, 0.1) is 0 Å². The number of carbonyl (C=O) groups excluding carboxylic acids is 2. The van der Waals surface area contributed by atoms with Crippen LogP contribution in [0.25, 0.3) is 0 Å². The van der Waals surface area contributed by atoms with E-state index in [1.54, 1.807) is 19.0 Å². The number of benzene rings is 3. The highest BCUT2D eigenvalue weighted by molar-refractivity contribution is 5.85. The summed E-state index contributed by atoms with van der Waals surface area (Å²) in [5.74, 6) is -0.133. The Morgan fingerprint density at radius 1 is 0.742 bits per heavy atom. The lowest BCUT2D eigenvalue weighted by Gasteiger charge is -2.30. The van der Waals surface area contributed by atoms with E-state index in [1.807, 2.05) is 91.0 Å². The molecule has 0 saturated carbocycles. The molecule has 3 aromatic rings. The number of hydrogen-bond acceptors (Lipinski definition) is 3. The maximum atomic E-state index is 13.3. The molecule has 0 radical (unpaired) electrons. The molecule has 1 atom stereocenters. The van der Waals surface area contributed by atoms with E-state index >= 15 is 0 Å². The molecule has 5 nitrogen and oxygen atoms in total. The highest BCUT2D eigenvalue weighted by Crippen LogP contribution is 2.14. The minimum Gasteiger partial charge on any atom is -0.445 e. The third kappa shape index (κ3) is 6.44. The number of amides is 2. The summed E-state index contributed by atoms with van der Waals surface area (Å²) in [6, 6.07) is 28.3. The largest absolute Gasteiger partial charge is 0.445 e. The zero-order chi connectivity index (χ0) is 22.1. The number of rotatable bonds is 8. The molecule has 0 fully saturated rings. The zero-order valence-corrected chi connectivity index (χ0v) is 18.0. The molecule has 160 valence electrons. The van der Waals surface area contributed by atoms with Gasteiger partial charge in [0, 0.05) is 27.1 Å². The highest BCUT2D eigenvalue weighted by Gasteiger charge is 2.30. The van der Waals surface area contributed by atoms with Gasteiger partial charge in [-0.25, -0.2) is 4.79 Å². The maximum Gasteiger partial charge on any atom is 0.410 e. The van der Waals surface area contributed by atoms with Gasteiger partial charge in [-0.2, -0.15) is 0 Å². The Kier molecular flexibility index (Phi) is 7.82. The van der Waals surface area contributed by atoms with Gasteiger partial charge in [0.1, 0.15) is 12.6 Å². The molecule has 0 saturated heterocycles. The average molecular weight is 417 g/mol. The van der Waals surface area contributed by atoms with Gasteiger partial charge in [0.15, 0.2) is 0 Å². The Morgan fingerprint density at radius 3 is 1.77 bits per heavy atom. The lowest BCUT2D eigenvalue weighted by atomic mass is 10.0. The fourth-order valence-corrected chi connectivity index (χ4v) is 3.37. The second kappa shape index (κ2) is 11.0. The van der Waals surface area contributed by atoms with Crippen LogP contribution in [-0.2, 0) is 29.1 Å². The molecule has 31 heavy (non-hydrogen) atoms. The standard InChI is InChI=1S/C26H28N2O3/c1-27(19-22-14-8-4-9-15-22)25(29)24(18-21-12-6-3-7-13-21)28(2)26(30)31-20-23-16-10-5-11-17-23/h3-17,24H,18-20H2,1-2H3. The predicted octanol–water partition coefficient (Wildman–Crippen LogP) is 4.52. The number of hydrogen-bond donors (Lipinski definition) is 0. The lowest BCUT2D eigenvalue weighted by molar-refractivity contribution is -0.135. The summed E-state index contributed by atoms with van der Waals surface area (Å²) in [5.41, 5.74) is 2.92. The molecule has 0 bridgehead atoms. The van der Waals surface area contributed by atoms with E-state index in [2.05, 4.69) is 0 Å². The molecule has 5 heteroatoms. The Bertz CT molecular complexity index is 962. The van der Waals surface area contributed by atoms with Crippen molar-refractivity contribution >= 4 is 12.0 Å². The van der Waals surface area contributed by atoms with Crippen molar-refractivity contribution in [3.8, 4) is 0 Å². The van der Waals surface area contributed by atoms with Crippen LogP contribution in [0.1, 0.15) is 16.7 Å². The summed E-state index contributed by atoms with van der Waals surface area (Å²) in [6.07, 6.45) is -0.110. The maximum absolute atomic E-state index is 13.3. The number of carbonyl (C=O) groups is 2. The first-order chi connectivity index (χ1) is 15.0. The van der Waals surface area contributed by atoms with Gasteiger partial charge in [0.25, 0.3) is 0 Å². The highest BCUT2D eigenvalue weighted by atomic mass is 16.6. The molecular formula is C26H28N2O3. The first-order valence-electron chi connectivity index (χ1n) is 10.3. The summed E-state index contributed by atoms with van der Waals surface area (Å²) >= 11 is 0. The van der Waals surface area contributed by atoms with Crippen molar-refractivity contribution in [2.45, 2.75) is 25.6 Å². The summed E-state index contributed by atoms with van der Waals surface area (Å²) in [4.78, 5) is 29.2. The van der Waals surface area contributed by atoms with Crippen LogP contribution in [0.15, 0.2) is 91.0 Å². The average Bonchev–Trinajstić information content (AvgIpc) is 2.82. The molecule has 0 N–H and O–H groups in total. The van der Waals surface area contributed by atoms with Crippen molar-refractivity contribution in [1.29, 1.82) is 0 Å². The topological polar surface area (TPSA) is 49.9 Å². The van der Waals surface area contributed by atoms with Gasteiger partial charge >= 0.3 is 6.09 Å². The molecule has 0 heterocycles. The molecule has 2 amide bonds. The smallest absolute Gasteiger partial charge is 0.410 e. The SMILES string of the molecule is CN(Cc1ccccc1)C(=O)C(Cc1ccccc1)N(C)C(=O)OCc1ccccc1. The van der Waals surface area contributed by atoms with Gasteiger partial charge in [0.2, 0.25) is 5.91 Å². The van der Waals surface area contributed by atoms with Crippen molar-refractivity contribution in [2.24, 2.45) is 0 Å². The summed E-state index contributed by atoms with van der Waals surface area (Å²) < 4.78 is 5.47. The van der Waals surface area contributed by atoms with Crippen LogP contribution >= 0.6 is 0 Å². The van der Waals surface area contributed by atoms with Crippen molar-refractivity contribution in [3.05, 3.63) is 108 Å². The molecule has 0 aromatic heterocycles. The molecule has 0 spiro atoms. The first-order valence-corrected chi connectivity index (χ1v) is 10.3. The third-order valence-electron chi connectivity index (χ3n) is 5.16. The Labute approximate surface area is 183 Å². The van der Waals surface area contributed by atoms with Crippen LogP contribution < -0.4 is 0 Å². The van der Waals surface area contributed by atoms with E-state index in [0.29, 0.717) is 13.0 Å². The number of likely N-dealkylation sites (N-methyl/N-ethyl adjacent to an activating group) is 2. The van der Waals surface area contributed by atoms with Gasteiger partial charge in [-0.05, 0) is 16.7 Å². The van der Waals surface area contributed by atoms with E-state index in [1.165, 1.54) is 4.90 Å². The van der Waals surface area contributed by atoms with Crippen molar-refractivity contribution in [2.75, 3.05) is 14.1 Å². The van der Waals surface area contributed by atoms with Crippen LogP contribution in [0.3, 0.4) is 0 Å². The van der Waals surface area contributed by atoms with E-state index < -0.39 is 12.1 Å². The minimum atomic E-state index is -0.667. The molecule has 3 aromatic carbocycles. The Morgan fingerprint density at radius 2 is 1.23 bits per heavy atom. The van der Waals surface area contributed by atoms with Crippen LogP contribution in [0.2, 0.25) is 0 Å². The van der Waals surface area contributed by atoms with E-state index in [4.69, 9.17) is 4.74 Å². The summed E-state index contributed by atoms with van der Waals surface area (Å²) in [6.45, 7) is 0.633.